The fourth-order valence-corrected chi connectivity index (χ4v) is 3.09. The number of rotatable bonds is 7. The number of methoxy groups -OCH3 is 1. The highest BCUT2D eigenvalue weighted by Crippen LogP contribution is 2.26. The van der Waals surface area contributed by atoms with E-state index in [0.717, 1.165) is 5.56 Å². The van der Waals surface area contributed by atoms with E-state index >= 15 is 0 Å². The summed E-state index contributed by atoms with van der Waals surface area (Å²) in [6, 6.07) is 12.8. The number of carboxylic acids is 1. The number of aryl methyl sites for hydroxylation is 1. The Morgan fingerprint density at radius 3 is 2.39 bits per heavy atom. The van der Waals surface area contributed by atoms with Gasteiger partial charge in [0.05, 0.1) is 17.7 Å². The highest BCUT2D eigenvalue weighted by atomic mass is 32.2. The summed E-state index contributed by atoms with van der Waals surface area (Å²) in [5.74, 6) is -0.464. The molecule has 0 aliphatic heterocycles. The van der Waals surface area contributed by atoms with E-state index in [0.29, 0.717) is 17.9 Å². The maximum Gasteiger partial charge on any atom is 0.303 e. The molecule has 2 N–H and O–H groups in total. The van der Waals surface area contributed by atoms with Gasteiger partial charge in [-0.25, -0.2) is 8.42 Å². The van der Waals surface area contributed by atoms with E-state index in [4.69, 9.17) is 9.84 Å². The van der Waals surface area contributed by atoms with Gasteiger partial charge >= 0.3 is 5.97 Å². The molecule has 0 spiro atoms. The van der Waals surface area contributed by atoms with Gasteiger partial charge in [0.25, 0.3) is 10.0 Å². The number of carboxylic acid groups (broad SMARTS) is 1. The summed E-state index contributed by atoms with van der Waals surface area (Å²) in [5.41, 5.74) is 1.12. The maximum absolute atomic E-state index is 12.4. The summed E-state index contributed by atoms with van der Waals surface area (Å²) in [6.45, 7) is 0. The summed E-state index contributed by atoms with van der Waals surface area (Å²) < 4.78 is 32.4. The van der Waals surface area contributed by atoms with Crippen LogP contribution < -0.4 is 9.46 Å². The standard InChI is InChI=1S/C16H17NO5S/c1-22-15-5-3-2-4-14(15)17-23(20,21)13-9-6-12(7-10-13)8-11-16(18)19/h2-7,9-10,17H,8,11H2,1H3,(H,18,19). The maximum atomic E-state index is 12.4. The van der Waals surface area contributed by atoms with Gasteiger partial charge < -0.3 is 9.84 Å². The Kier molecular flexibility index (Phi) is 5.23. The lowest BCUT2D eigenvalue weighted by atomic mass is 10.1. The third-order valence-electron chi connectivity index (χ3n) is 3.21. The summed E-state index contributed by atoms with van der Waals surface area (Å²) in [7, 11) is -2.28. The lowest BCUT2D eigenvalue weighted by Gasteiger charge is -2.11. The van der Waals surface area contributed by atoms with Crippen LogP contribution in [0.15, 0.2) is 53.4 Å². The first-order valence-corrected chi connectivity index (χ1v) is 8.37. The molecule has 0 radical (unpaired) electrons. The summed E-state index contributed by atoms with van der Waals surface area (Å²) in [5, 5.41) is 8.65. The molecule has 122 valence electrons. The van der Waals surface area contributed by atoms with Crippen LogP contribution in [0.5, 0.6) is 5.75 Å². The van der Waals surface area contributed by atoms with Crippen molar-refractivity contribution < 1.29 is 23.1 Å². The van der Waals surface area contributed by atoms with Crippen molar-refractivity contribution in [3.05, 3.63) is 54.1 Å². The Balaban J connectivity index is 2.17. The quantitative estimate of drug-likeness (QED) is 0.811. The molecule has 2 rings (SSSR count). The van der Waals surface area contributed by atoms with Crippen molar-refractivity contribution in [2.24, 2.45) is 0 Å². The number of ether oxygens (including phenoxy) is 1. The van der Waals surface area contributed by atoms with Crippen LogP contribution in [0.1, 0.15) is 12.0 Å². The first-order valence-electron chi connectivity index (χ1n) is 6.89. The van der Waals surface area contributed by atoms with Gasteiger partial charge in [-0.15, -0.1) is 0 Å². The van der Waals surface area contributed by atoms with Crippen molar-refractivity contribution in [1.29, 1.82) is 0 Å². The van der Waals surface area contributed by atoms with E-state index in [9.17, 15) is 13.2 Å². The van der Waals surface area contributed by atoms with Gasteiger partial charge in [-0.05, 0) is 36.2 Å². The molecule has 0 bridgehead atoms. The number of hydrogen-bond acceptors (Lipinski definition) is 4. The average Bonchev–Trinajstić information content (AvgIpc) is 2.53. The first kappa shape index (κ1) is 16.8. The van der Waals surface area contributed by atoms with E-state index in [1.54, 1.807) is 36.4 Å². The number of aliphatic carboxylic acids is 1. The molecule has 0 saturated carbocycles. The molecule has 0 aromatic heterocycles. The van der Waals surface area contributed by atoms with Crippen molar-refractivity contribution in [3.8, 4) is 5.75 Å². The van der Waals surface area contributed by atoms with Gasteiger partial charge in [0.1, 0.15) is 5.75 Å². The van der Waals surface area contributed by atoms with Crippen molar-refractivity contribution in [1.82, 2.24) is 0 Å². The van der Waals surface area contributed by atoms with Crippen LogP contribution in [-0.2, 0) is 21.2 Å². The number of hydrogen-bond donors (Lipinski definition) is 2. The Labute approximate surface area is 134 Å². The molecule has 0 aliphatic rings. The van der Waals surface area contributed by atoms with E-state index in [-0.39, 0.29) is 11.3 Å². The Bertz CT molecular complexity index is 784. The van der Waals surface area contributed by atoms with Crippen molar-refractivity contribution >= 4 is 21.7 Å². The largest absolute Gasteiger partial charge is 0.495 e. The second kappa shape index (κ2) is 7.15. The van der Waals surface area contributed by atoms with Gasteiger partial charge in [0.15, 0.2) is 0 Å². The molecule has 0 unspecified atom stereocenters. The lowest BCUT2D eigenvalue weighted by Crippen LogP contribution is -2.13. The fraction of sp³-hybridized carbons (Fsp3) is 0.188. The fourth-order valence-electron chi connectivity index (χ4n) is 2.02. The molecule has 2 aromatic rings. The number of para-hydroxylation sites is 2. The molecular formula is C16H17NO5S. The third kappa shape index (κ3) is 4.46. The summed E-state index contributed by atoms with van der Waals surface area (Å²) in [6.07, 6.45) is 0.362. The normalized spacial score (nSPS) is 11.0. The molecule has 0 fully saturated rings. The van der Waals surface area contributed by atoms with E-state index in [2.05, 4.69) is 4.72 Å². The minimum Gasteiger partial charge on any atom is -0.495 e. The summed E-state index contributed by atoms with van der Waals surface area (Å²) >= 11 is 0. The minimum atomic E-state index is -3.74. The van der Waals surface area contributed by atoms with Gasteiger partial charge in [-0.1, -0.05) is 24.3 Å². The zero-order chi connectivity index (χ0) is 16.9. The predicted octanol–water partition coefficient (Wildman–Crippen LogP) is 2.51. The van der Waals surface area contributed by atoms with Gasteiger partial charge in [0, 0.05) is 6.42 Å². The third-order valence-corrected chi connectivity index (χ3v) is 4.59. The van der Waals surface area contributed by atoms with Crippen LogP contribution in [0.3, 0.4) is 0 Å². The second-order valence-corrected chi connectivity index (χ2v) is 6.53. The van der Waals surface area contributed by atoms with E-state index < -0.39 is 16.0 Å². The highest BCUT2D eigenvalue weighted by Gasteiger charge is 2.16. The molecule has 7 heteroatoms. The molecular weight excluding hydrogens is 318 g/mol. The van der Waals surface area contributed by atoms with Gasteiger partial charge in [-0.2, -0.15) is 0 Å². The molecule has 0 heterocycles. The van der Waals surface area contributed by atoms with Crippen LogP contribution in [0.25, 0.3) is 0 Å². The van der Waals surface area contributed by atoms with Gasteiger partial charge in [0.2, 0.25) is 0 Å². The van der Waals surface area contributed by atoms with Gasteiger partial charge in [-0.3, -0.25) is 9.52 Å². The molecule has 0 saturated heterocycles. The highest BCUT2D eigenvalue weighted by molar-refractivity contribution is 7.92. The molecule has 2 aromatic carbocycles. The number of sulfonamides is 1. The molecule has 23 heavy (non-hydrogen) atoms. The van der Waals surface area contributed by atoms with E-state index in [1.807, 2.05) is 0 Å². The van der Waals surface area contributed by atoms with Crippen LogP contribution >= 0.6 is 0 Å². The Morgan fingerprint density at radius 2 is 1.78 bits per heavy atom. The first-order chi connectivity index (χ1) is 10.9. The lowest BCUT2D eigenvalue weighted by molar-refractivity contribution is -0.136. The van der Waals surface area contributed by atoms with Crippen molar-refractivity contribution in [2.45, 2.75) is 17.7 Å². The number of anilines is 1. The minimum absolute atomic E-state index is 0.00552. The Morgan fingerprint density at radius 1 is 1.13 bits per heavy atom. The zero-order valence-electron chi connectivity index (χ0n) is 12.5. The number of benzene rings is 2. The SMILES string of the molecule is COc1ccccc1NS(=O)(=O)c1ccc(CCC(=O)O)cc1. The van der Waals surface area contributed by atoms with Crippen LogP contribution in [0, 0.1) is 0 Å². The van der Waals surface area contributed by atoms with Crippen LogP contribution in [0.4, 0.5) is 5.69 Å². The van der Waals surface area contributed by atoms with E-state index in [1.165, 1.54) is 19.2 Å². The van der Waals surface area contributed by atoms with Crippen LogP contribution in [-0.4, -0.2) is 26.6 Å². The zero-order valence-corrected chi connectivity index (χ0v) is 13.3. The molecule has 0 amide bonds. The van der Waals surface area contributed by atoms with Crippen molar-refractivity contribution in [3.63, 3.8) is 0 Å². The second-order valence-electron chi connectivity index (χ2n) is 4.84. The molecule has 0 aliphatic carbocycles. The smallest absolute Gasteiger partial charge is 0.303 e. The average molecular weight is 335 g/mol. The monoisotopic (exact) mass is 335 g/mol. The molecule has 6 nitrogen and oxygen atoms in total. The topological polar surface area (TPSA) is 92.7 Å². The predicted molar refractivity (Wildman–Crippen MR) is 86.2 cm³/mol. The van der Waals surface area contributed by atoms with Crippen LogP contribution in [0.2, 0.25) is 0 Å². The van der Waals surface area contributed by atoms with Crippen molar-refractivity contribution in [2.75, 3.05) is 11.8 Å². The molecule has 0 atom stereocenters. The Hall–Kier alpha value is -2.54. The number of nitrogens with one attached hydrogen (secondary N) is 1. The summed E-state index contributed by atoms with van der Waals surface area (Å²) in [4.78, 5) is 10.6. The number of carbonyl (C=O) groups is 1.